The Hall–Kier alpha value is -2.44. The summed E-state index contributed by atoms with van der Waals surface area (Å²) in [6.07, 6.45) is 0. The lowest BCUT2D eigenvalue weighted by atomic mass is 10.1. The number of amides is 1. The van der Waals surface area contributed by atoms with Crippen LogP contribution in [0.3, 0.4) is 0 Å². The summed E-state index contributed by atoms with van der Waals surface area (Å²) in [5.74, 6) is -1.24. The molecule has 0 fully saturated rings. The number of ether oxygens (including phenoxy) is 1. The number of likely N-dealkylation sites (N-methyl/N-ethyl adjacent to an activating group) is 1. The van der Waals surface area contributed by atoms with Crippen molar-refractivity contribution in [1.82, 2.24) is 0 Å². The van der Waals surface area contributed by atoms with E-state index in [2.05, 4.69) is 5.32 Å². The summed E-state index contributed by atoms with van der Waals surface area (Å²) in [5.41, 5.74) is 1.01. The number of carbonyl (C=O) groups excluding carboxylic acids is 2. The first kappa shape index (κ1) is 18.9. The molecule has 7 heteroatoms. The van der Waals surface area contributed by atoms with Crippen LogP contribution < -0.4 is 10.2 Å². The Bertz CT molecular complexity index is 762. The Kier molecular flexibility index (Phi) is 6.50. The van der Waals surface area contributed by atoms with E-state index in [1.54, 1.807) is 37.4 Å². The normalized spacial score (nSPS) is 11.7. The van der Waals surface area contributed by atoms with Crippen molar-refractivity contribution in [3.63, 3.8) is 0 Å². The van der Waals surface area contributed by atoms with E-state index in [-0.39, 0.29) is 24.6 Å². The highest BCUT2D eigenvalue weighted by atomic mass is 35.5. The Morgan fingerprint density at radius 3 is 2.60 bits per heavy atom. The maximum absolute atomic E-state index is 13.8. The number of esters is 1. The Balaban J connectivity index is 2.02. The van der Waals surface area contributed by atoms with Gasteiger partial charge in [0.2, 0.25) is 0 Å². The van der Waals surface area contributed by atoms with Crippen LogP contribution in [0.4, 0.5) is 10.1 Å². The second-order valence-corrected chi connectivity index (χ2v) is 6.00. The topological polar surface area (TPSA) is 59.8 Å². The zero-order valence-electron chi connectivity index (χ0n) is 13.9. The third kappa shape index (κ3) is 5.01. The Morgan fingerprint density at radius 1 is 1.20 bits per heavy atom. The van der Waals surface area contributed by atoms with E-state index < -0.39 is 11.8 Å². The number of halogens is 2. The minimum Gasteiger partial charge on any atom is -0.465 e. The molecule has 2 rings (SSSR count). The van der Waals surface area contributed by atoms with Crippen molar-refractivity contribution in [1.29, 1.82) is 0 Å². The van der Waals surface area contributed by atoms with Crippen LogP contribution in [0.15, 0.2) is 42.5 Å². The summed E-state index contributed by atoms with van der Waals surface area (Å²) < 4.78 is 18.5. The summed E-state index contributed by atoms with van der Waals surface area (Å²) >= 11 is 6.01. The van der Waals surface area contributed by atoms with Gasteiger partial charge in [0.25, 0.3) is 5.91 Å². The molecular weight excluding hydrogens is 347 g/mol. The van der Waals surface area contributed by atoms with Crippen LogP contribution in [0.1, 0.15) is 15.9 Å². The molecule has 0 aliphatic rings. The molecule has 2 aromatic rings. The van der Waals surface area contributed by atoms with Gasteiger partial charge in [-0.05, 0) is 24.3 Å². The minimum absolute atomic E-state index is 0.0835. The van der Waals surface area contributed by atoms with E-state index in [1.165, 1.54) is 19.2 Å². The summed E-state index contributed by atoms with van der Waals surface area (Å²) in [5, 5.41) is 3.01. The highest BCUT2D eigenvalue weighted by molar-refractivity contribution is 6.31. The first-order chi connectivity index (χ1) is 11.9. The summed E-state index contributed by atoms with van der Waals surface area (Å²) in [6.45, 7) is 0.345. The molecule has 1 atom stereocenters. The maximum Gasteiger partial charge on any atom is 0.339 e. The fraction of sp³-hybridized carbons (Fsp3) is 0.222. The van der Waals surface area contributed by atoms with Gasteiger partial charge < -0.3 is 15.0 Å². The molecular formula is C18H19ClFN2O3+. The van der Waals surface area contributed by atoms with Gasteiger partial charge in [0.05, 0.1) is 36.0 Å². The summed E-state index contributed by atoms with van der Waals surface area (Å²) in [4.78, 5) is 24.7. The predicted octanol–water partition coefficient (Wildman–Crippen LogP) is 1.92. The second kappa shape index (κ2) is 8.60. The Morgan fingerprint density at radius 2 is 1.92 bits per heavy atom. The highest BCUT2D eigenvalue weighted by Gasteiger charge is 2.18. The number of methoxy groups -OCH3 is 1. The lowest BCUT2D eigenvalue weighted by molar-refractivity contribution is -0.885. The first-order valence-electron chi connectivity index (χ1n) is 7.63. The molecule has 0 aliphatic carbocycles. The zero-order valence-corrected chi connectivity index (χ0v) is 14.7. The Labute approximate surface area is 150 Å². The van der Waals surface area contributed by atoms with E-state index in [9.17, 15) is 14.0 Å². The maximum atomic E-state index is 13.8. The fourth-order valence-corrected chi connectivity index (χ4v) is 2.64. The number of hydrogen-bond acceptors (Lipinski definition) is 3. The monoisotopic (exact) mass is 365 g/mol. The van der Waals surface area contributed by atoms with E-state index >= 15 is 0 Å². The molecule has 0 heterocycles. The molecule has 0 aliphatic heterocycles. The van der Waals surface area contributed by atoms with Crippen LogP contribution in [-0.2, 0) is 16.1 Å². The van der Waals surface area contributed by atoms with Gasteiger partial charge in [0, 0.05) is 0 Å². The van der Waals surface area contributed by atoms with Crippen LogP contribution in [0, 0.1) is 5.82 Å². The number of hydrogen-bond donors (Lipinski definition) is 2. The van der Waals surface area contributed by atoms with E-state index in [0.29, 0.717) is 16.3 Å². The lowest BCUT2D eigenvalue weighted by Gasteiger charge is -2.16. The van der Waals surface area contributed by atoms with E-state index in [1.807, 2.05) is 0 Å². The number of benzene rings is 2. The molecule has 1 unspecified atom stereocenters. The van der Waals surface area contributed by atoms with E-state index in [4.69, 9.17) is 16.3 Å². The van der Waals surface area contributed by atoms with Crippen LogP contribution in [-0.4, -0.2) is 32.6 Å². The molecule has 5 nitrogen and oxygen atoms in total. The third-order valence-corrected chi connectivity index (χ3v) is 3.96. The largest absolute Gasteiger partial charge is 0.465 e. The molecule has 0 bridgehead atoms. The SMILES string of the molecule is COC(=O)c1ccccc1NC(=O)C[NH+](C)Cc1c(F)cccc1Cl. The van der Waals surface area contributed by atoms with Crippen LogP contribution in [0.2, 0.25) is 5.02 Å². The van der Waals surface area contributed by atoms with Crippen LogP contribution >= 0.6 is 11.6 Å². The van der Waals surface area contributed by atoms with Crippen molar-refractivity contribution in [3.8, 4) is 0 Å². The molecule has 0 saturated heterocycles. The van der Waals surface area contributed by atoms with Crippen molar-refractivity contribution in [2.75, 3.05) is 26.0 Å². The number of carbonyl (C=O) groups is 2. The minimum atomic E-state index is -0.533. The van der Waals surface area contributed by atoms with Crippen LogP contribution in [0.5, 0.6) is 0 Å². The van der Waals surface area contributed by atoms with Gasteiger partial charge >= 0.3 is 5.97 Å². The van der Waals surface area contributed by atoms with Crippen molar-refractivity contribution in [2.24, 2.45) is 0 Å². The van der Waals surface area contributed by atoms with Gasteiger partial charge in [-0.15, -0.1) is 0 Å². The number of nitrogens with one attached hydrogen (secondary N) is 2. The molecule has 132 valence electrons. The fourth-order valence-electron chi connectivity index (χ4n) is 2.41. The molecule has 1 amide bonds. The van der Waals surface area contributed by atoms with Crippen LogP contribution in [0.25, 0.3) is 0 Å². The van der Waals surface area contributed by atoms with Gasteiger partial charge in [0.15, 0.2) is 6.54 Å². The first-order valence-corrected chi connectivity index (χ1v) is 8.01. The molecule has 2 N–H and O–H groups in total. The third-order valence-electron chi connectivity index (χ3n) is 3.61. The van der Waals surface area contributed by atoms with Crippen molar-refractivity contribution < 1.29 is 23.6 Å². The molecule has 0 aromatic heterocycles. The standard InChI is InChI=1S/C18H18ClFN2O3/c1-22(10-13-14(19)7-5-8-15(13)20)11-17(23)21-16-9-4-3-6-12(16)18(24)25-2/h3-9H,10-11H2,1-2H3,(H,21,23)/p+1. The van der Waals surface area contributed by atoms with E-state index in [0.717, 1.165) is 4.90 Å². The van der Waals surface area contributed by atoms with Gasteiger partial charge in [-0.1, -0.05) is 29.8 Å². The summed E-state index contributed by atoms with van der Waals surface area (Å²) in [7, 11) is 3.03. The molecule has 0 spiro atoms. The predicted molar refractivity (Wildman–Crippen MR) is 93.3 cm³/mol. The summed E-state index contributed by atoms with van der Waals surface area (Å²) in [6, 6.07) is 11.1. The van der Waals surface area contributed by atoms with Gasteiger partial charge in [-0.3, -0.25) is 4.79 Å². The number of anilines is 1. The lowest BCUT2D eigenvalue weighted by Crippen LogP contribution is -3.08. The van der Waals surface area contributed by atoms with Gasteiger partial charge in [-0.25, -0.2) is 9.18 Å². The quantitative estimate of drug-likeness (QED) is 0.769. The number of rotatable bonds is 6. The second-order valence-electron chi connectivity index (χ2n) is 5.60. The average molecular weight is 366 g/mol. The highest BCUT2D eigenvalue weighted by Crippen LogP contribution is 2.18. The van der Waals surface area contributed by atoms with Gasteiger partial charge in [-0.2, -0.15) is 0 Å². The molecule has 2 aromatic carbocycles. The zero-order chi connectivity index (χ0) is 18.4. The number of quaternary nitrogens is 1. The van der Waals surface area contributed by atoms with Crippen molar-refractivity contribution in [3.05, 3.63) is 64.4 Å². The van der Waals surface area contributed by atoms with Gasteiger partial charge in [0.1, 0.15) is 12.4 Å². The molecule has 25 heavy (non-hydrogen) atoms. The smallest absolute Gasteiger partial charge is 0.339 e. The molecule has 0 saturated carbocycles. The molecule has 0 radical (unpaired) electrons. The number of para-hydroxylation sites is 1. The van der Waals surface area contributed by atoms with Crippen molar-refractivity contribution in [2.45, 2.75) is 6.54 Å². The average Bonchev–Trinajstić information content (AvgIpc) is 2.58. The van der Waals surface area contributed by atoms with Crippen molar-refractivity contribution >= 4 is 29.2 Å².